The van der Waals surface area contributed by atoms with Crippen LogP contribution in [-0.4, -0.2) is 26.2 Å². The van der Waals surface area contributed by atoms with Gasteiger partial charge in [0.15, 0.2) is 11.5 Å². The number of halogens is 3. The van der Waals surface area contributed by atoms with E-state index in [1.54, 1.807) is 0 Å². The molecule has 11 heteroatoms. The number of hydrogen-bond acceptors (Lipinski definition) is 6. The van der Waals surface area contributed by atoms with Crippen molar-refractivity contribution >= 4 is 11.4 Å². The van der Waals surface area contributed by atoms with Gasteiger partial charge in [-0.15, -0.1) is 0 Å². The van der Waals surface area contributed by atoms with Gasteiger partial charge in [0, 0.05) is 12.1 Å². The minimum absolute atomic E-state index is 0.154. The highest BCUT2D eigenvalue weighted by Crippen LogP contribution is 2.45. The van der Waals surface area contributed by atoms with Gasteiger partial charge in [-0.05, 0) is 36.1 Å². The average molecular weight is 386 g/mol. The Hall–Kier alpha value is -3.37. The van der Waals surface area contributed by atoms with E-state index >= 15 is 0 Å². The molecule has 0 saturated heterocycles. The van der Waals surface area contributed by atoms with Gasteiger partial charge in [-0.2, -0.15) is 13.2 Å². The lowest BCUT2D eigenvalue weighted by atomic mass is 9.88. The molecule has 0 atom stereocenters. The predicted molar refractivity (Wildman–Crippen MR) is 86.9 cm³/mol. The van der Waals surface area contributed by atoms with Crippen molar-refractivity contribution in [2.24, 2.45) is 0 Å². The number of aryl methyl sites for hydroxylation is 2. The van der Waals surface area contributed by atoms with Crippen molar-refractivity contribution in [2.75, 3.05) is 0 Å². The molecule has 2 N–H and O–H groups in total. The highest BCUT2D eigenvalue weighted by Gasteiger charge is 2.44. The number of nitro benzene ring substituents is 2. The predicted octanol–water partition coefficient (Wildman–Crippen LogP) is 4.23. The van der Waals surface area contributed by atoms with Crippen LogP contribution in [0.25, 0.3) is 0 Å². The Morgan fingerprint density at radius 2 is 1.19 bits per heavy atom. The van der Waals surface area contributed by atoms with Crippen LogP contribution in [0.4, 0.5) is 24.5 Å². The van der Waals surface area contributed by atoms with Gasteiger partial charge in [-0.3, -0.25) is 20.2 Å². The first-order chi connectivity index (χ1) is 12.3. The van der Waals surface area contributed by atoms with Crippen LogP contribution in [0, 0.1) is 34.1 Å². The molecule has 0 unspecified atom stereocenters. The third-order valence-corrected chi connectivity index (χ3v) is 3.99. The van der Waals surface area contributed by atoms with Crippen molar-refractivity contribution in [3.05, 3.63) is 66.7 Å². The summed E-state index contributed by atoms with van der Waals surface area (Å²) in [6, 6.07) is 3.01. The molecule has 0 saturated carbocycles. The van der Waals surface area contributed by atoms with Gasteiger partial charge >= 0.3 is 17.6 Å². The van der Waals surface area contributed by atoms with E-state index in [0.29, 0.717) is 12.1 Å². The van der Waals surface area contributed by atoms with E-state index in [9.17, 15) is 43.6 Å². The summed E-state index contributed by atoms with van der Waals surface area (Å²) in [6.07, 6.45) is -4.95. The van der Waals surface area contributed by atoms with Crippen molar-refractivity contribution in [3.63, 3.8) is 0 Å². The van der Waals surface area contributed by atoms with E-state index in [-0.39, 0.29) is 11.1 Å². The highest BCUT2D eigenvalue weighted by molar-refractivity contribution is 5.58. The first-order valence-corrected chi connectivity index (χ1v) is 7.37. The maximum absolute atomic E-state index is 13.8. The molecule has 0 spiro atoms. The Bertz CT molecular complexity index is 873. The summed E-state index contributed by atoms with van der Waals surface area (Å²) in [5.41, 5.74) is -3.27. The molecule has 0 aromatic heterocycles. The lowest BCUT2D eigenvalue weighted by molar-refractivity contribution is -0.386. The van der Waals surface area contributed by atoms with Gasteiger partial charge in [-0.1, -0.05) is 12.1 Å². The van der Waals surface area contributed by atoms with Gasteiger partial charge in [0.2, 0.25) is 0 Å². The zero-order chi connectivity index (χ0) is 20.7. The van der Waals surface area contributed by atoms with E-state index in [0.717, 1.165) is 12.1 Å². The number of phenols is 2. The first kappa shape index (κ1) is 19.9. The van der Waals surface area contributed by atoms with Gasteiger partial charge in [-0.25, -0.2) is 0 Å². The second kappa shape index (κ2) is 6.74. The molecular formula is C16H13F3N2O6. The van der Waals surface area contributed by atoms with E-state index in [2.05, 4.69) is 0 Å². The van der Waals surface area contributed by atoms with E-state index in [1.165, 1.54) is 13.8 Å². The fraction of sp³-hybridized carbons (Fsp3) is 0.250. The molecule has 8 nitrogen and oxygen atoms in total. The summed E-state index contributed by atoms with van der Waals surface area (Å²) in [4.78, 5) is 20.0. The summed E-state index contributed by atoms with van der Waals surface area (Å²) in [5, 5.41) is 41.4. The van der Waals surface area contributed by atoms with Gasteiger partial charge in [0.05, 0.1) is 9.85 Å². The Balaban J connectivity index is 2.80. The maximum atomic E-state index is 13.8. The number of hydrogen-bond donors (Lipinski definition) is 2. The summed E-state index contributed by atoms with van der Waals surface area (Å²) >= 11 is 0. The fourth-order valence-corrected chi connectivity index (χ4v) is 2.76. The van der Waals surface area contributed by atoms with Gasteiger partial charge in [0.1, 0.15) is 5.92 Å². The molecule has 0 bridgehead atoms. The van der Waals surface area contributed by atoms with Crippen LogP contribution in [-0.2, 0) is 0 Å². The smallest absolute Gasteiger partial charge is 0.399 e. The molecule has 27 heavy (non-hydrogen) atoms. The number of phenolic OH excluding ortho intramolecular Hbond substituents is 2. The van der Waals surface area contributed by atoms with Crippen LogP contribution < -0.4 is 0 Å². The Morgan fingerprint density at radius 3 is 1.44 bits per heavy atom. The van der Waals surface area contributed by atoms with Gasteiger partial charge in [0.25, 0.3) is 0 Å². The summed E-state index contributed by atoms with van der Waals surface area (Å²) in [7, 11) is 0. The molecule has 0 aliphatic rings. The van der Waals surface area contributed by atoms with Crippen molar-refractivity contribution in [1.82, 2.24) is 0 Å². The van der Waals surface area contributed by atoms with Crippen molar-refractivity contribution in [1.29, 1.82) is 0 Å². The summed E-state index contributed by atoms with van der Waals surface area (Å²) in [5.74, 6) is -3.97. The summed E-state index contributed by atoms with van der Waals surface area (Å²) < 4.78 is 41.3. The standard InChI is InChI=1S/C16H13F3N2O6/c1-7-3-9(5-11(14(7)22)20(24)25)13(16(17,18)19)10-4-8(2)15(23)12(6-10)21(26)27/h3-6,13,22-23H,1-2H3. The third kappa shape index (κ3) is 3.76. The maximum Gasteiger partial charge on any atom is 0.399 e. The van der Waals surface area contributed by atoms with Crippen molar-refractivity contribution in [2.45, 2.75) is 25.9 Å². The highest BCUT2D eigenvalue weighted by atomic mass is 19.4. The number of aromatic hydroxyl groups is 2. The molecule has 0 aliphatic carbocycles. The Kier molecular flexibility index (Phi) is 4.98. The zero-order valence-electron chi connectivity index (χ0n) is 13.9. The number of nitrogens with zero attached hydrogens (tertiary/aromatic N) is 2. The van der Waals surface area contributed by atoms with E-state index < -0.39 is 55.9 Å². The number of rotatable bonds is 4. The molecule has 0 fully saturated rings. The van der Waals surface area contributed by atoms with E-state index in [1.807, 2.05) is 0 Å². The topological polar surface area (TPSA) is 127 Å². The monoisotopic (exact) mass is 386 g/mol. The lowest BCUT2D eigenvalue weighted by Crippen LogP contribution is -2.22. The number of nitro groups is 2. The average Bonchev–Trinajstić information content (AvgIpc) is 2.52. The van der Waals surface area contributed by atoms with Crippen LogP contribution in [0.1, 0.15) is 28.2 Å². The normalized spacial score (nSPS) is 11.6. The molecule has 0 amide bonds. The third-order valence-electron chi connectivity index (χ3n) is 3.99. The fourth-order valence-electron chi connectivity index (χ4n) is 2.76. The van der Waals surface area contributed by atoms with Crippen LogP contribution in [0.2, 0.25) is 0 Å². The molecular weight excluding hydrogens is 373 g/mol. The quantitative estimate of drug-likeness (QED) is 0.598. The zero-order valence-corrected chi connectivity index (χ0v) is 13.9. The molecule has 2 rings (SSSR count). The largest absolute Gasteiger partial charge is 0.502 e. The second-order valence-corrected chi connectivity index (χ2v) is 5.90. The Labute approximate surface area is 149 Å². The molecule has 144 valence electrons. The minimum atomic E-state index is -4.95. The van der Waals surface area contributed by atoms with Crippen molar-refractivity contribution < 1.29 is 33.2 Å². The molecule has 0 heterocycles. The van der Waals surface area contributed by atoms with Crippen LogP contribution >= 0.6 is 0 Å². The number of benzene rings is 2. The molecule has 2 aromatic carbocycles. The number of alkyl halides is 3. The molecule has 2 aromatic rings. The van der Waals surface area contributed by atoms with E-state index in [4.69, 9.17) is 0 Å². The molecule has 0 radical (unpaired) electrons. The Morgan fingerprint density at radius 1 is 0.852 bits per heavy atom. The second-order valence-electron chi connectivity index (χ2n) is 5.90. The lowest BCUT2D eigenvalue weighted by Gasteiger charge is -2.22. The van der Waals surface area contributed by atoms with Crippen LogP contribution in [0.15, 0.2) is 24.3 Å². The first-order valence-electron chi connectivity index (χ1n) is 7.37. The minimum Gasteiger partial charge on any atom is -0.502 e. The van der Waals surface area contributed by atoms with Crippen LogP contribution in [0.5, 0.6) is 11.5 Å². The summed E-state index contributed by atoms with van der Waals surface area (Å²) in [6.45, 7) is 2.40. The molecule has 0 aliphatic heterocycles. The van der Waals surface area contributed by atoms with Gasteiger partial charge < -0.3 is 10.2 Å². The SMILES string of the molecule is Cc1cc(C(c2cc(C)c(O)c([N+](=O)[O-])c2)C(F)(F)F)cc([N+](=O)[O-])c1O. The van der Waals surface area contributed by atoms with Crippen LogP contribution in [0.3, 0.4) is 0 Å². The van der Waals surface area contributed by atoms with Crippen molar-refractivity contribution in [3.8, 4) is 11.5 Å².